The Bertz CT molecular complexity index is 662. The molecule has 116 valence electrons. The van der Waals surface area contributed by atoms with E-state index >= 15 is 0 Å². The summed E-state index contributed by atoms with van der Waals surface area (Å²) in [6.07, 6.45) is 5.58. The second-order valence-electron chi connectivity index (χ2n) is 7.07. The Labute approximate surface area is 131 Å². The number of amides is 1. The molecule has 1 unspecified atom stereocenters. The molecule has 1 saturated carbocycles. The first-order chi connectivity index (χ1) is 10.6. The second kappa shape index (κ2) is 4.87. The van der Waals surface area contributed by atoms with E-state index < -0.39 is 0 Å². The van der Waals surface area contributed by atoms with Gasteiger partial charge in [0, 0.05) is 6.54 Å². The zero-order valence-corrected chi connectivity index (χ0v) is 13.4. The molecular weight excluding hydrogens is 274 g/mol. The number of aliphatic hydroxyl groups excluding tert-OH is 1. The first-order valence-corrected chi connectivity index (χ1v) is 8.43. The zero-order chi connectivity index (χ0) is 15.4. The standard InChI is InChI=1S/C19H23NO2/c1-11-9-14(13-6-7-13)10-12(2)16(11)17-18(21)15-5-3-4-8-20(15)19(17)22/h9-10,13,15,21H,3-8H2,1-2H3. The van der Waals surface area contributed by atoms with Gasteiger partial charge >= 0.3 is 0 Å². The molecule has 1 aromatic carbocycles. The minimum Gasteiger partial charge on any atom is -0.509 e. The summed E-state index contributed by atoms with van der Waals surface area (Å²) in [7, 11) is 0. The van der Waals surface area contributed by atoms with Gasteiger partial charge in [-0.3, -0.25) is 4.79 Å². The fourth-order valence-corrected chi connectivity index (χ4v) is 4.16. The molecule has 3 heteroatoms. The van der Waals surface area contributed by atoms with Gasteiger partial charge in [-0.05, 0) is 74.1 Å². The Morgan fingerprint density at radius 1 is 1.09 bits per heavy atom. The molecule has 0 spiro atoms. The molecule has 4 rings (SSSR count). The average molecular weight is 297 g/mol. The molecule has 3 aliphatic rings. The summed E-state index contributed by atoms with van der Waals surface area (Å²) in [5, 5.41) is 10.7. The zero-order valence-electron chi connectivity index (χ0n) is 13.4. The van der Waals surface area contributed by atoms with Crippen LogP contribution in [0.2, 0.25) is 0 Å². The normalized spacial score (nSPS) is 24.9. The lowest BCUT2D eigenvalue weighted by Crippen LogP contribution is -2.39. The van der Waals surface area contributed by atoms with Gasteiger partial charge in [-0.15, -0.1) is 0 Å². The highest BCUT2D eigenvalue weighted by atomic mass is 16.3. The van der Waals surface area contributed by atoms with E-state index in [-0.39, 0.29) is 11.9 Å². The molecule has 0 radical (unpaired) electrons. The van der Waals surface area contributed by atoms with Gasteiger partial charge in [0.25, 0.3) is 5.91 Å². The van der Waals surface area contributed by atoms with Gasteiger partial charge in [0.1, 0.15) is 5.76 Å². The van der Waals surface area contributed by atoms with Gasteiger partial charge in [-0.2, -0.15) is 0 Å². The van der Waals surface area contributed by atoms with E-state index in [9.17, 15) is 9.90 Å². The highest BCUT2D eigenvalue weighted by Gasteiger charge is 2.42. The third kappa shape index (κ3) is 1.98. The number of carbonyl (C=O) groups excluding carboxylic acids is 1. The topological polar surface area (TPSA) is 40.5 Å². The molecule has 3 nitrogen and oxygen atoms in total. The Morgan fingerprint density at radius 3 is 2.36 bits per heavy atom. The Morgan fingerprint density at radius 2 is 1.77 bits per heavy atom. The van der Waals surface area contributed by atoms with Crippen molar-refractivity contribution in [2.75, 3.05) is 6.54 Å². The predicted molar refractivity (Wildman–Crippen MR) is 86.8 cm³/mol. The molecule has 2 aliphatic heterocycles. The quantitative estimate of drug-likeness (QED) is 0.901. The third-order valence-corrected chi connectivity index (χ3v) is 5.40. The van der Waals surface area contributed by atoms with Gasteiger partial charge in [-0.1, -0.05) is 12.1 Å². The van der Waals surface area contributed by atoms with Crippen molar-refractivity contribution in [2.45, 2.75) is 57.9 Å². The molecule has 2 fully saturated rings. The van der Waals surface area contributed by atoms with Crippen LogP contribution in [0.1, 0.15) is 60.3 Å². The number of piperidine rings is 1. The summed E-state index contributed by atoms with van der Waals surface area (Å²) in [4.78, 5) is 14.7. The predicted octanol–water partition coefficient (Wildman–Crippen LogP) is 3.84. The lowest BCUT2D eigenvalue weighted by molar-refractivity contribution is -0.126. The van der Waals surface area contributed by atoms with Crippen LogP contribution in [-0.2, 0) is 4.79 Å². The Kier molecular flexibility index (Phi) is 3.07. The van der Waals surface area contributed by atoms with Crippen molar-refractivity contribution >= 4 is 11.5 Å². The van der Waals surface area contributed by atoms with Crippen molar-refractivity contribution in [3.05, 3.63) is 40.1 Å². The molecule has 1 atom stereocenters. The number of hydrogen-bond donors (Lipinski definition) is 1. The summed E-state index contributed by atoms with van der Waals surface area (Å²) in [6.45, 7) is 4.91. The smallest absolute Gasteiger partial charge is 0.258 e. The van der Waals surface area contributed by atoms with Gasteiger partial charge in [-0.25, -0.2) is 0 Å². The summed E-state index contributed by atoms with van der Waals surface area (Å²) >= 11 is 0. The van der Waals surface area contributed by atoms with Crippen LogP contribution in [-0.4, -0.2) is 28.5 Å². The van der Waals surface area contributed by atoms with E-state index in [2.05, 4.69) is 26.0 Å². The van der Waals surface area contributed by atoms with Crippen molar-refractivity contribution in [1.29, 1.82) is 0 Å². The van der Waals surface area contributed by atoms with Gasteiger partial charge < -0.3 is 10.0 Å². The lowest BCUT2D eigenvalue weighted by atomic mass is 9.91. The van der Waals surface area contributed by atoms with Crippen LogP contribution in [0.4, 0.5) is 0 Å². The first-order valence-electron chi connectivity index (χ1n) is 8.43. The molecule has 1 saturated heterocycles. The molecule has 1 aliphatic carbocycles. The maximum absolute atomic E-state index is 12.8. The Hall–Kier alpha value is -1.77. The number of benzene rings is 1. The summed E-state index contributed by atoms with van der Waals surface area (Å²) in [5.41, 5.74) is 5.15. The number of hydrogen-bond acceptors (Lipinski definition) is 2. The molecule has 1 N–H and O–H groups in total. The van der Waals surface area contributed by atoms with Crippen LogP contribution >= 0.6 is 0 Å². The second-order valence-corrected chi connectivity index (χ2v) is 7.07. The van der Waals surface area contributed by atoms with E-state index in [0.717, 1.165) is 42.5 Å². The van der Waals surface area contributed by atoms with Gasteiger partial charge in [0.15, 0.2) is 0 Å². The van der Waals surface area contributed by atoms with E-state index in [1.165, 1.54) is 18.4 Å². The fraction of sp³-hybridized carbons (Fsp3) is 0.526. The average Bonchev–Trinajstić information content (AvgIpc) is 3.31. The molecule has 0 aromatic heterocycles. The number of fused-ring (bicyclic) bond motifs is 1. The SMILES string of the molecule is Cc1cc(C2CC2)cc(C)c1C1=C(O)C2CCCCN2C1=O. The van der Waals surface area contributed by atoms with Crippen LogP contribution in [0.15, 0.2) is 17.9 Å². The number of rotatable bonds is 2. The number of nitrogens with zero attached hydrogens (tertiary/aromatic N) is 1. The van der Waals surface area contributed by atoms with Crippen molar-refractivity contribution in [3.63, 3.8) is 0 Å². The van der Waals surface area contributed by atoms with Crippen LogP contribution in [0.5, 0.6) is 0 Å². The molecule has 2 heterocycles. The van der Waals surface area contributed by atoms with Crippen molar-refractivity contribution in [3.8, 4) is 0 Å². The van der Waals surface area contributed by atoms with Crippen LogP contribution in [0, 0.1) is 13.8 Å². The molecular formula is C19H23NO2. The van der Waals surface area contributed by atoms with Crippen LogP contribution in [0.25, 0.3) is 5.57 Å². The Balaban J connectivity index is 1.80. The van der Waals surface area contributed by atoms with Crippen LogP contribution in [0.3, 0.4) is 0 Å². The maximum atomic E-state index is 12.8. The van der Waals surface area contributed by atoms with Crippen molar-refractivity contribution < 1.29 is 9.90 Å². The highest BCUT2D eigenvalue weighted by Crippen LogP contribution is 2.43. The fourth-order valence-electron chi connectivity index (χ4n) is 4.16. The lowest BCUT2D eigenvalue weighted by Gasteiger charge is -2.29. The minimum atomic E-state index is -0.0850. The first kappa shape index (κ1) is 13.9. The van der Waals surface area contributed by atoms with Gasteiger partial charge in [0.05, 0.1) is 11.6 Å². The number of aliphatic hydroxyl groups is 1. The number of carbonyl (C=O) groups is 1. The van der Waals surface area contributed by atoms with E-state index in [1.54, 1.807) is 0 Å². The van der Waals surface area contributed by atoms with Gasteiger partial charge in [0.2, 0.25) is 0 Å². The van der Waals surface area contributed by atoms with E-state index in [1.807, 2.05) is 4.90 Å². The van der Waals surface area contributed by atoms with E-state index in [4.69, 9.17) is 0 Å². The maximum Gasteiger partial charge on any atom is 0.258 e. The summed E-state index contributed by atoms with van der Waals surface area (Å²) in [6, 6.07) is 4.34. The summed E-state index contributed by atoms with van der Waals surface area (Å²) in [5.74, 6) is 1.03. The monoisotopic (exact) mass is 297 g/mol. The molecule has 22 heavy (non-hydrogen) atoms. The molecule has 0 bridgehead atoms. The molecule has 1 amide bonds. The minimum absolute atomic E-state index is 0.0209. The highest BCUT2D eigenvalue weighted by molar-refractivity contribution is 6.23. The van der Waals surface area contributed by atoms with Crippen LogP contribution < -0.4 is 0 Å². The molecule has 1 aromatic rings. The largest absolute Gasteiger partial charge is 0.509 e. The van der Waals surface area contributed by atoms with Crippen molar-refractivity contribution in [2.24, 2.45) is 0 Å². The van der Waals surface area contributed by atoms with Crippen molar-refractivity contribution in [1.82, 2.24) is 4.90 Å². The van der Waals surface area contributed by atoms with E-state index in [0.29, 0.717) is 17.3 Å². The summed E-state index contributed by atoms with van der Waals surface area (Å²) < 4.78 is 0. The third-order valence-electron chi connectivity index (χ3n) is 5.40. The number of aryl methyl sites for hydroxylation is 2.